The highest BCUT2D eigenvalue weighted by atomic mass is 19.4. The maximum atomic E-state index is 12.7. The number of aryl methyl sites for hydroxylation is 1. The first-order valence-corrected chi connectivity index (χ1v) is 7.33. The van der Waals surface area contributed by atoms with E-state index in [-0.39, 0.29) is 17.3 Å². The molecule has 0 saturated heterocycles. The third-order valence-electron chi connectivity index (χ3n) is 3.90. The molecule has 7 nitrogen and oxygen atoms in total. The second-order valence-electron chi connectivity index (χ2n) is 5.52. The number of hydrogen-bond acceptors (Lipinski definition) is 4. The number of H-pyrrole nitrogens is 1. The Bertz CT molecular complexity index is 811. The van der Waals surface area contributed by atoms with Crippen molar-refractivity contribution < 1.29 is 18.0 Å². The molecule has 2 aromatic heterocycles. The van der Waals surface area contributed by atoms with Crippen LogP contribution in [-0.4, -0.2) is 31.7 Å². The number of nitrogens with one attached hydrogen (secondary N) is 2. The number of fused-ring (bicyclic) bond motifs is 1. The Kier molecular flexibility index (Phi) is 4.12. The van der Waals surface area contributed by atoms with Gasteiger partial charge in [-0.3, -0.25) is 14.3 Å². The fourth-order valence-corrected chi connectivity index (χ4v) is 2.64. The van der Waals surface area contributed by atoms with E-state index in [1.165, 1.54) is 10.6 Å². The van der Waals surface area contributed by atoms with Gasteiger partial charge in [-0.15, -0.1) is 0 Å². The van der Waals surface area contributed by atoms with Gasteiger partial charge < -0.3 is 5.32 Å². The van der Waals surface area contributed by atoms with E-state index in [2.05, 4.69) is 20.5 Å². The van der Waals surface area contributed by atoms with Crippen molar-refractivity contribution in [2.75, 3.05) is 0 Å². The average Bonchev–Trinajstić information content (AvgIpc) is 2.76. The summed E-state index contributed by atoms with van der Waals surface area (Å²) in [5.41, 5.74) is -1.51. The van der Waals surface area contributed by atoms with Crippen molar-refractivity contribution in [3.05, 3.63) is 45.9 Å². The number of nitrogens with zero attached hydrogens (tertiary/aromatic N) is 3. The molecule has 1 atom stereocenters. The van der Waals surface area contributed by atoms with Crippen LogP contribution in [0.2, 0.25) is 0 Å². The molecule has 3 heterocycles. The molecule has 1 unspecified atom stereocenters. The third kappa shape index (κ3) is 3.31. The molecular weight excluding hydrogens is 327 g/mol. The van der Waals surface area contributed by atoms with Gasteiger partial charge in [-0.1, -0.05) is 0 Å². The van der Waals surface area contributed by atoms with E-state index in [0.717, 1.165) is 12.3 Å². The second-order valence-corrected chi connectivity index (χ2v) is 5.52. The zero-order valence-electron chi connectivity index (χ0n) is 12.4. The summed E-state index contributed by atoms with van der Waals surface area (Å²) in [6.07, 6.45) is -2.11. The molecule has 128 valence electrons. The average molecular weight is 341 g/mol. The predicted octanol–water partition coefficient (Wildman–Crippen LogP) is 1.12. The lowest BCUT2D eigenvalue weighted by Gasteiger charge is -2.16. The zero-order chi connectivity index (χ0) is 17.3. The fourth-order valence-electron chi connectivity index (χ4n) is 2.64. The number of amides is 1. The topological polar surface area (TPSA) is 92.7 Å². The summed E-state index contributed by atoms with van der Waals surface area (Å²) in [4.78, 5) is 27.0. The smallest absolute Gasteiger partial charge is 0.349 e. The molecule has 2 N–H and O–H groups in total. The lowest BCUT2D eigenvalue weighted by molar-refractivity contribution is -0.141. The highest BCUT2D eigenvalue weighted by Crippen LogP contribution is 2.27. The zero-order valence-corrected chi connectivity index (χ0v) is 12.4. The summed E-state index contributed by atoms with van der Waals surface area (Å²) in [6.45, 7) is 0.389. The molecule has 3 rings (SSSR count). The highest BCUT2D eigenvalue weighted by Gasteiger charge is 2.33. The second kappa shape index (κ2) is 6.10. The first kappa shape index (κ1) is 16.2. The quantitative estimate of drug-likeness (QED) is 0.856. The number of hydrogen-bond donors (Lipinski definition) is 2. The van der Waals surface area contributed by atoms with Gasteiger partial charge in [0.15, 0.2) is 0 Å². The van der Waals surface area contributed by atoms with Gasteiger partial charge in [0, 0.05) is 30.8 Å². The first-order chi connectivity index (χ1) is 11.3. The van der Waals surface area contributed by atoms with Crippen LogP contribution in [0.1, 0.15) is 34.7 Å². The molecule has 0 aromatic carbocycles. The van der Waals surface area contributed by atoms with Crippen LogP contribution in [0.15, 0.2) is 23.1 Å². The van der Waals surface area contributed by atoms with Gasteiger partial charge in [-0.25, -0.2) is 9.89 Å². The Balaban J connectivity index is 1.69. The molecule has 0 radical (unpaired) electrons. The molecule has 24 heavy (non-hydrogen) atoms. The number of halogens is 3. The number of carbonyl (C=O) groups excluding carboxylic acids is 1. The summed E-state index contributed by atoms with van der Waals surface area (Å²) < 4.78 is 39.5. The number of pyridine rings is 1. The summed E-state index contributed by atoms with van der Waals surface area (Å²) in [6, 6.07) is 1.71. The normalized spacial score (nSPS) is 17.9. The van der Waals surface area contributed by atoms with Crippen molar-refractivity contribution in [3.8, 4) is 0 Å². The van der Waals surface area contributed by atoms with Gasteiger partial charge in [0.2, 0.25) is 0 Å². The summed E-state index contributed by atoms with van der Waals surface area (Å²) >= 11 is 0. The Hall–Kier alpha value is -2.65. The number of alkyl halides is 3. The Labute approximate surface area is 133 Å². The molecule has 0 saturated carbocycles. The largest absolute Gasteiger partial charge is 0.433 e. The lowest BCUT2D eigenvalue weighted by Crippen LogP contribution is -2.35. The Morgan fingerprint density at radius 2 is 2.17 bits per heavy atom. The molecule has 0 fully saturated rings. The number of carbonyl (C=O) groups is 1. The van der Waals surface area contributed by atoms with Gasteiger partial charge in [0.1, 0.15) is 11.5 Å². The lowest BCUT2D eigenvalue weighted by atomic mass is 10.1. The van der Waals surface area contributed by atoms with Crippen molar-refractivity contribution in [3.63, 3.8) is 0 Å². The maximum absolute atomic E-state index is 12.7. The standard InChI is InChI=1S/C14H14F3N5O2/c15-14(16,17)10-7-8(3-5-18-10)12(23)19-9-1-2-11-20-21-13(24)22(11)6-4-9/h3,5,7,9H,1-2,4,6H2,(H,19,23)(H,21,24). The number of aromatic amines is 1. The van der Waals surface area contributed by atoms with Crippen molar-refractivity contribution in [2.45, 2.75) is 38.0 Å². The van der Waals surface area contributed by atoms with Crippen LogP contribution in [0.5, 0.6) is 0 Å². The highest BCUT2D eigenvalue weighted by molar-refractivity contribution is 5.94. The van der Waals surface area contributed by atoms with Crippen LogP contribution in [0.25, 0.3) is 0 Å². The van der Waals surface area contributed by atoms with E-state index in [0.29, 0.717) is 31.6 Å². The van der Waals surface area contributed by atoms with E-state index in [4.69, 9.17) is 0 Å². The SMILES string of the molecule is O=C(NC1CCc2n[nH]c(=O)n2CC1)c1ccnc(C(F)(F)F)c1. The Morgan fingerprint density at radius 3 is 2.92 bits per heavy atom. The maximum Gasteiger partial charge on any atom is 0.433 e. The summed E-state index contributed by atoms with van der Waals surface area (Å²) in [7, 11) is 0. The molecule has 0 aliphatic carbocycles. The molecule has 0 bridgehead atoms. The summed E-state index contributed by atoms with van der Waals surface area (Å²) in [5.74, 6) is 0.0152. The minimum atomic E-state index is -4.60. The van der Waals surface area contributed by atoms with Crippen LogP contribution >= 0.6 is 0 Å². The van der Waals surface area contributed by atoms with Gasteiger partial charge in [-0.05, 0) is 25.0 Å². The predicted molar refractivity (Wildman–Crippen MR) is 76.3 cm³/mol. The molecule has 10 heteroatoms. The van der Waals surface area contributed by atoms with Crippen LogP contribution < -0.4 is 11.0 Å². The first-order valence-electron chi connectivity index (χ1n) is 7.33. The molecule has 0 spiro atoms. The number of rotatable bonds is 2. The molecule has 1 aliphatic rings. The van der Waals surface area contributed by atoms with Gasteiger partial charge in [-0.2, -0.15) is 18.3 Å². The van der Waals surface area contributed by atoms with Crippen LogP contribution in [-0.2, 0) is 19.1 Å². The van der Waals surface area contributed by atoms with Crippen LogP contribution in [0.3, 0.4) is 0 Å². The van der Waals surface area contributed by atoms with E-state index < -0.39 is 17.8 Å². The molecule has 1 aliphatic heterocycles. The monoisotopic (exact) mass is 341 g/mol. The third-order valence-corrected chi connectivity index (χ3v) is 3.90. The van der Waals surface area contributed by atoms with E-state index >= 15 is 0 Å². The fraction of sp³-hybridized carbons (Fsp3) is 0.429. The van der Waals surface area contributed by atoms with E-state index in [1.54, 1.807) is 0 Å². The van der Waals surface area contributed by atoms with Crippen molar-refractivity contribution in [1.82, 2.24) is 25.1 Å². The van der Waals surface area contributed by atoms with Crippen LogP contribution in [0, 0.1) is 0 Å². The molecular formula is C14H14F3N5O2. The minimum Gasteiger partial charge on any atom is -0.349 e. The summed E-state index contributed by atoms with van der Waals surface area (Å²) in [5, 5.41) is 8.98. The van der Waals surface area contributed by atoms with E-state index in [1.807, 2.05) is 0 Å². The van der Waals surface area contributed by atoms with Crippen molar-refractivity contribution in [2.24, 2.45) is 0 Å². The molecule has 1 amide bonds. The van der Waals surface area contributed by atoms with Gasteiger partial charge in [0.25, 0.3) is 5.91 Å². The minimum absolute atomic E-state index is 0.0999. The van der Waals surface area contributed by atoms with Gasteiger partial charge in [0.05, 0.1) is 0 Å². The van der Waals surface area contributed by atoms with Crippen molar-refractivity contribution >= 4 is 5.91 Å². The number of aromatic nitrogens is 4. The van der Waals surface area contributed by atoms with Crippen LogP contribution in [0.4, 0.5) is 13.2 Å². The van der Waals surface area contributed by atoms with E-state index in [9.17, 15) is 22.8 Å². The molecule has 2 aromatic rings. The van der Waals surface area contributed by atoms with Crippen molar-refractivity contribution in [1.29, 1.82) is 0 Å². The van der Waals surface area contributed by atoms with Gasteiger partial charge >= 0.3 is 11.9 Å². The Morgan fingerprint density at radius 1 is 1.38 bits per heavy atom.